The fourth-order valence-corrected chi connectivity index (χ4v) is 8.46. The smallest absolute Gasteiger partial charge is 0.255 e. The van der Waals surface area contributed by atoms with Crippen molar-refractivity contribution in [3.8, 4) is 45.9 Å². The standard InChI is InChI=1S/C56H54N5O/c1-36-18-19-37(34-57)26-47(36)38-20-23-49-48(27-38)46-22-21-45(33-52(46)61(49)53-31-39(24-25-58-53)54(2,3)4)62-44-15-13-14-42(32-44)59-35-60(51-17-12-11-16-50(51)59)43-29-40(55(5,6)7)28-41(30-43)56(8,9)10/h11-33,35H,1-10H3/q+1. The van der Waals surface area contributed by atoms with E-state index in [4.69, 9.17) is 9.72 Å². The Kier molecular flexibility index (Phi) is 9.71. The number of rotatable bonds is 6. The summed E-state index contributed by atoms with van der Waals surface area (Å²) in [5.74, 6) is 2.31. The van der Waals surface area contributed by atoms with Crippen LogP contribution in [-0.2, 0) is 16.2 Å². The minimum absolute atomic E-state index is 0.00169. The molecule has 0 amide bonds. The number of nitriles is 1. The molecule has 0 aliphatic carbocycles. The lowest BCUT2D eigenvalue weighted by Gasteiger charge is -2.25. The number of hydrogen-bond donors (Lipinski definition) is 0. The van der Waals surface area contributed by atoms with Crippen LogP contribution in [0.15, 0.2) is 146 Å². The van der Waals surface area contributed by atoms with E-state index in [1.54, 1.807) is 0 Å². The highest BCUT2D eigenvalue weighted by Gasteiger charge is 2.26. The lowest BCUT2D eigenvalue weighted by atomic mass is 9.80. The molecule has 0 bridgehead atoms. The van der Waals surface area contributed by atoms with E-state index >= 15 is 0 Å². The molecule has 3 aromatic heterocycles. The summed E-state index contributed by atoms with van der Waals surface area (Å²) in [6, 6.07) is 49.3. The van der Waals surface area contributed by atoms with Gasteiger partial charge >= 0.3 is 0 Å². The molecule has 9 aromatic rings. The molecule has 0 aliphatic heterocycles. The molecule has 0 saturated heterocycles. The maximum absolute atomic E-state index is 9.70. The minimum atomic E-state index is -0.0532. The maximum Gasteiger partial charge on any atom is 0.255 e. The fourth-order valence-electron chi connectivity index (χ4n) is 8.46. The quantitative estimate of drug-likeness (QED) is 0.157. The second-order valence-corrected chi connectivity index (χ2v) is 19.8. The van der Waals surface area contributed by atoms with Crippen molar-refractivity contribution in [2.75, 3.05) is 0 Å². The van der Waals surface area contributed by atoms with Gasteiger partial charge in [-0.2, -0.15) is 14.4 Å². The fraction of sp³-hybridized carbons (Fsp3) is 0.232. The van der Waals surface area contributed by atoms with Crippen molar-refractivity contribution < 1.29 is 9.30 Å². The topological polar surface area (TPSA) is 59.6 Å². The van der Waals surface area contributed by atoms with Crippen molar-refractivity contribution in [1.82, 2.24) is 14.1 Å². The molecule has 6 heteroatoms. The first-order valence-corrected chi connectivity index (χ1v) is 21.5. The van der Waals surface area contributed by atoms with Crippen molar-refractivity contribution in [2.45, 2.75) is 85.5 Å². The molecule has 0 aliphatic rings. The SMILES string of the molecule is Cc1ccc(C#N)cc1-c1ccc2c(c1)c1ccc(Oc3cccc(-n4c[n+](-c5cc(C(C)(C)C)cc(C(C)(C)C)c5)c5ccccc54)c3)cc1n2-c1cc(C(C)(C)C)ccn1. The normalized spacial score (nSPS) is 12.3. The van der Waals surface area contributed by atoms with Crippen LogP contribution in [0.5, 0.6) is 11.5 Å². The van der Waals surface area contributed by atoms with Gasteiger partial charge in [-0.05, 0) is 141 Å². The van der Waals surface area contributed by atoms with Gasteiger partial charge in [-0.3, -0.25) is 4.57 Å². The van der Waals surface area contributed by atoms with Gasteiger partial charge in [0.1, 0.15) is 28.7 Å². The second-order valence-electron chi connectivity index (χ2n) is 19.8. The number of aromatic nitrogens is 4. The molecule has 3 heterocycles. The highest BCUT2D eigenvalue weighted by atomic mass is 16.5. The predicted octanol–water partition coefficient (Wildman–Crippen LogP) is 13.9. The molecule has 62 heavy (non-hydrogen) atoms. The van der Waals surface area contributed by atoms with Crippen molar-refractivity contribution in [2.24, 2.45) is 0 Å². The number of fused-ring (bicyclic) bond motifs is 4. The van der Waals surface area contributed by atoms with Gasteiger partial charge in [0.15, 0.2) is 11.0 Å². The van der Waals surface area contributed by atoms with Crippen LogP contribution in [0, 0.1) is 18.3 Å². The Morgan fingerprint density at radius 1 is 0.597 bits per heavy atom. The Balaban J connectivity index is 1.15. The monoisotopic (exact) mass is 812 g/mol. The number of benzene rings is 6. The van der Waals surface area contributed by atoms with Crippen LogP contribution in [0.4, 0.5) is 0 Å². The van der Waals surface area contributed by atoms with Crippen LogP contribution in [0.2, 0.25) is 0 Å². The van der Waals surface area contributed by atoms with E-state index in [0.717, 1.165) is 78.2 Å². The van der Waals surface area contributed by atoms with Crippen LogP contribution in [0.25, 0.3) is 61.2 Å². The molecule has 0 saturated carbocycles. The average Bonchev–Trinajstić information content (AvgIpc) is 3.79. The number of aryl methyl sites for hydroxylation is 1. The highest BCUT2D eigenvalue weighted by molar-refractivity contribution is 6.10. The zero-order valence-electron chi connectivity index (χ0n) is 37.5. The van der Waals surface area contributed by atoms with Gasteiger partial charge in [0.2, 0.25) is 0 Å². The molecule has 0 radical (unpaired) electrons. The number of para-hydroxylation sites is 2. The van der Waals surface area contributed by atoms with Crippen LogP contribution >= 0.6 is 0 Å². The molecule has 0 atom stereocenters. The summed E-state index contributed by atoms with van der Waals surface area (Å²) in [4.78, 5) is 4.94. The van der Waals surface area contributed by atoms with E-state index in [-0.39, 0.29) is 16.2 Å². The summed E-state index contributed by atoms with van der Waals surface area (Å²) >= 11 is 0. The Bertz CT molecular complexity index is 3210. The first-order valence-electron chi connectivity index (χ1n) is 21.5. The average molecular weight is 813 g/mol. The van der Waals surface area contributed by atoms with Gasteiger partial charge in [0, 0.05) is 29.1 Å². The number of imidazole rings is 1. The van der Waals surface area contributed by atoms with Gasteiger partial charge < -0.3 is 4.74 Å². The molecule has 308 valence electrons. The van der Waals surface area contributed by atoms with Gasteiger partial charge in [-0.25, -0.2) is 4.98 Å². The molecular weight excluding hydrogens is 759 g/mol. The van der Waals surface area contributed by atoms with Gasteiger partial charge in [-0.1, -0.05) is 98.7 Å². The van der Waals surface area contributed by atoms with Crippen molar-refractivity contribution >= 4 is 32.8 Å². The largest absolute Gasteiger partial charge is 0.457 e. The summed E-state index contributed by atoms with van der Waals surface area (Å²) < 4.78 is 13.6. The summed E-state index contributed by atoms with van der Waals surface area (Å²) in [6.45, 7) is 22.5. The van der Waals surface area contributed by atoms with Crippen molar-refractivity contribution in [1.29, 1.82) is 5.26 Å². The lowest BCUT2D eigenvalue weighted by Crippen LogP contribution is -2.31. The third kappa shape index (κ3) is 7.43. The molecule has 0 spiro atoms. The predicted molar refractivity (Wildman–Crippen MR) is 254 cm³/mol. The summed E-state index contributed by atoms with van der Waals surface area (Å²) in [7, 11) is 0. The van der Waals surface area contributed by atoms with E-state index in [1.165, 1.54) is 16.7 Å². The number of ether oxygens (including phenoxy) is 1. The second kappa shape index (κ2) is 14.9. The van der Waals surface area contributed by atoms with Crippen molar-refractivity contribution in [3.63, 3.8) is 0 Å². The van der Waals surface area contributed by atoms with E-state index in [9.17, 15) is 5.26 Å². The Morgan fingerprint density at radius 3 is 2.05 bits per heavy atom. The minimum Gasteiger partial charge on any atom is -0.457 e. The molecule has 6 aromatic carbocycles. The molecule has 0 N–H and O–H groups in total. The number of hydrogen-bond acceptors (Lipinski definition) is 3. The summed E-state index contributed by atoms with van der Waals surface area (Å²) in [5, 5.41) is 11.9. The first-order chi connectivity index (χ1) is 29.5. The Hall–Kier alpha value is -6.97. The van der Waals surface area contributed by atoms with Crippen LogP contribution < -0.4 is 9.30 Å². The zero-order valence-corrected chi connectivity index (χ0v) is 37.5. The van der Waals surface area contributed by atoms with Gasteiger partial charge in [0.25, 0.3) is 6.33 Å². The molecular formula is C56H54N5O+. The maximum atomic E-state index is 9.70. The van der Waals surface area contributed by atoms with Crippen LogP contribution in [0.3, 0.4) is 0 Å². The van der Waals surface area contributed by atoms with Gasteiger partial charge in [-0.15, -0.1) is 0 Å². The third-order valence-corrected chi connectivity index (χ3v) is 12.1. The number of nitrogens with zero attached hydrogens (tertiary/aromatic N) is 5. The molecule has 6 nitrogen and oxygen atoms in total. The van der Waals surface area contributed by atoms with E-state index < -0.39 is 0 Å². The van der Waals surface area contributed by atoms with E-state index in [0.29, 0.717) is 5.56 Å². The first kappa shape index (κ1) is 40.4. The summed E-state index contributed by atoms with van der Waals surface area (Å²) in [5.41, 5.74) is 14.1. The van der Waals surface area contributed by atoms with Gasteiger partial charge in [0.05, 0.1) is 22.7 Å². The lowest BCUT2D eigenvalue weighted by molar-refractivity contribution is -0.567. The van der Waals surface area contributed by atoms with Crippen LogP contribution in [-0.4, -0.2) is 14.1 Å². The third-order valence-electron chi connectivity index (χ3n) is 12.1. The van der Waals surface area contributed by atoms with E-state index in [2.05, 4.69) is 205 Å². The number of pyridine rings is 1. The molecule has 0 unspecified atom stereocenters. The zero-order chi connectivity index (χ0) is 43.7. The molecule has 0 fully saturated rings. The van der Waals surface area contributed by atoms with E-state index in [1.807, 2.05) is 30.5 Å². The highest BCUT2D eigenvalue weighted by Crippen LogP contribution is 2.39. The Morgan fingerprint density at radius 2 is 1.32 bits per heavy atom. The van der Waals surface area contributed by atoms with Crippen LogP contribution in [0.1, 0.15) is 90.1 Å². The summed E-state index contributed by atoms with van der Waals surface area (Å²) in [6.07, 6.45) is 4.11. The molecule has 9 rings (SSSR count). The van der Waals surface area contributed by atoms with Crippen molar-refractivity contribution in [3.05, 3.63) is 174 Å². The Labute approximate surface area is 365 Å².